The molecule has 10 heteroatoms. The fourth-order valence-corrected chi connectivity index (χ4v) is 5.95. The molecule has 3 aromatic rings. The van der Waals surface area contributed by atoms with Crippen molar-refractivity contribution in [3.8, 4) is 17.2 Å². The summed E-state index contributed by atoms with van der Waals surface area (Å²) in [5.41, 5.74) is 0. The highest BCUT2D eigenvalue weighted by Crippen LogP contribution is 2.52. The molecule has 9 nitrogen and oxygen atoms in total. The number of amides is 1. The van der Waals surface area contributed by atoms with Gasteiger partial charge in [0.1, 0.15) is 11.0 Å². The van der Waals surface area contributed by atoms with E-state index >= 15 is 0 Å². The van der Waals surface area contributed by atoms with Crippen LogP contribution in [0.5, 0.6) is 17.2 Å². The molecule has 0 aliphatic heterocycles. The topological polar surface area (TPSA) is 111 Å². The number of H-pyrrole nitrogens is 1. The minimum Gasteiger partial charge on any atom is -0.493 e. The molecule has 1 amide bonds. The molecule has 4 atom stereocenters. The molecule has 2 N–H and O–H groups in total. The Bertz CT molecular complexity index is 1080. The van der Waals surface area contributed by atoms with E-state index in [2.05, 4.69) is 32.9 Å². The van der Waals surface area contributed by atoms with Crippen LogP contribution in [-0.4, -0.2) is 46.9 Å². The van der Waals surface area contributed by atoms with Gasteiger partial charge in [-0.15, -0.1) is 16.4 Å². The molecule has 0 saturated heterocycles. The number of hydrogen-bond donors (Lipinski definition) is 2. The molecule has 2 bridgehead atoms. The number of hydrogen-bond acceptors (Lipinski definition) is 8. The maximum absolute atomic E-state index is 13.1. The van der Waals surface area contributed by atoms with Crippen molar-refractivity contribution in [2.75, 3.05) is 19.5 Å². The molecular formula is C20H23N5O4S. The maximum atomic E-state index is 13.1. The van der Waals surface area contributed by atoms with Crippen molar-refractivity contribution in [3.63, 3.8) is 0 Å². The van der Waals surface area contributed by atoms with Gasteiger partial charge in [0, 0.05) is 16.2 Å². The molecule has 0 radical (unpaired) electrons. The lowest BCUT2D eigenvalue weighted by atomic mass is 9.88. The van der Waals surface area contributed by atoms with Crippen LogP contribution in [0, 0.1) is 17.8 Å². The molecule has 2 heterocycles. The van der Waals surface area contributed by atoms with Crippen molar-refractivity contribution in [2.24, 2.45) is 17.8 Å². The SMILES string of the molecule is COc1cc2sc(C(=O)Nc3nn[nH]n3)c(OC3C4CCC(C4)C3C)c2cc1OC. The molecule has 4 unspecified atom stereocenters. The van der Waals surface area contributed by atoms with Gasteiger partial charge in [0.15, 0.2) is 17.2 Å². The van der Waals surface area contributed by atoms with Crippen molar-refractivity contribution in [1.29, 1.82) is 0 Å². The number of anilines is 1. The van der Waals surface area contributed by atoms with Gasteiger partial charge in [-0.1, -0.05) is 12.0 Å². The number of ether oxygens (including phenoxy) is 3. The molecule has 1 aromatic carbocycles. The van der Waals surface area contributed by atoms with Crippen LogP contribution >= 0.6 is 11.3 Å². The highest BCUT2D eigenvalue weighted by atomic mass is 32.1. The average molecular weight is 430 g/mol. The summed E-state index contributed by atoms with van der Waals surface area (Å²) >= 11 is 1.35. The number of thiophene rings is 1. The molecular weight excluding hydrogens is 406 g/mol. The Kier molecular flexibility index (Phi) is 4.73. The number of carbonyl (C=O) groups is 1. The van der Waals surface area contributed by atoms with Crippen LogP contribution in [-0.2, 0) is 0 Å². The first kappa shape index (κ1) is 19.1. The van der Waals surface area contributed by atoms with Crippen molar-refractivity contribution in [3.05, 3.63) is 17.0 Å². The normalized spacial score (nSPS) is 24.9. The fourth-order valence-electron chi connectivity index (χ4n) is 4.91. The third-order valence-electron chi connectivity index (χ3n) is 6.42. The zero-order chi connectivity index (χ0) is 20.8. The highest BCUT2D eigenvalue weighted by molar-refractivity contribution is 7.21. The average Bonchev–Trinajstić information content (AvgIpc) is 3.53. The van der Waals surface area contributed by atoms with Crippen molar-refractivity contribution in [1.82, 2.24) is 20.6 Å². The summed E-state index contributed by atoms with van der Waals surface area (Å²) in [6.45, 7) is 2.26. The molecule has 2 aliphatic rings. The minimum atomic E-state index is -0.332. The highest BCUT2D eigenvalue weighted by Gasteiger charge is 2.47. The Morgan fingerprint density at radius 1 is 1.20 bits per heavy atom. The van der Waals surface area contributed by atoms with E-state index < -0.39 is 0 Å². The standard InChI is InChI=1S/C20H23N5O4S/c1-9-10-4-5-11(6-10)16(9)29-17-12-7-13(27-2)14(28-3)8-15(12)30-18(17)19(26)21-20-22-24-25-23-20/h7-11,16H,4-6H2,1-3H3,(H2,21,22,23,24,25,26). The Hall–Kier alpha value is -2.88. The van der Waals surface area contributed by atoms with E-state index in [9.17, 15) is 4.79 Å². The second kappa shape index (κ2) is 7.42. The van der Waals surface area contributed by atoms with Crippen LogP contribution in [0.15, 0.2) is 12.1 Å². The summed E-state index contributed by atoms with van der Waals surface area (Å²) in [4.78, 5) is 13.5. The Morgan fingerprint density at radius 2 is 1.97 bits per heavy atom. The smallest absolute Gasteiger partial charge is 0.272 e. The molecule has 158 valence electrons. The van der Waals surface area contributed by atoms with Gasteiger partial charge in [0.05, 0.1) is 14.2 Å². The van der Waals surface area contributed by atoms with Gasteiger partial charge >= 0.3 is 0 Å². The number of aromatic nitrogens is 4. The third kappa shape index (κ3) is 3.06. The van der Waals surface area contributed by atoms with Gasteiger partial charge < -0.3 is 14.2 Å². The van der Waals surface area contributed by atoms with Crippen LogP contribution < -0.4 is 19.5 Å². The fraction of sp³-hybridized carbons (Fsp3) is 0.500. The van der Waals surface area contributed by atoms with Gasteiger partial charge in [0.25, 0.3) is 11.9 Å². The van der Waals surface area contributed by atoms with E-state index in [0.29, 0.717) is 39.9 Å². The quantitative estimate of drug-likeness (QED) is 0.617. The van der Waals surface area contributed by atoms with Crippen molar-refractivity contribution in [2.45, 2.75) is 32.3 Å². The Morgan fingerprint density at radius 3 is 2.63 bits per heavy atom. The summed E-state index contributed by atoms with van der Waals surface area (Å²) in [5, 5.41) is 17.0. The number of nitrogens with one attached hydrogen (secondary N) is 2. The maximum Gasteiger partial charge on any atom is 0.272 e. The van der Waals surface area contributed by atoms with Gasteiger partial charge in [-0.25, -0.2) is 0 Å². The van der Waals surface area contributed by atoms with Crippen molar-refractivity contribution < 1.29 is 19.0 Å². The van der Waals surface area contributed by atoms with Crippen LogP contribution in [0.3, 0.4) is 0 Å². The van der Waals surface area contributed by atoms with Gasteiger partial charge in [-0.2, -0.15) is 5.21 Å². The molecule has 30 heavy (non-hydrogen) atoms. The number of tetrazole rings is 1. The predicted octanol–water partition coefficient (Wildman–Crippen LogP) is 3.50. The van der Waals surface area contributed by atoms with Crippen molar-refractivity contribution >= 4 is 33.3 Å². The molecule has 2 fully saturated rings. The molecule has 5 rings (SSSR count). The van der Waals surface area contributed by atoms with Crippen LogP contribution in [0.1, 0.15) is 35.9 Å². The number of methoxy groups -OCH3 is 2. The lowest BCUT2D eigenvalue weighted by Crippen LogP contribution is -2.31. The molecule has 2 aromatic heterocycles. The zero-order valence-electron chi connectivity index (χ0n) is 17.0. The minimum absolute atomic E-state index is 0.103. The molecule has 2 aliphatic carbocycles. The first-order valence-electron chi connectivity index (χ1n) is 9.99. The number of rotatable bonds is 6. The first-order valence-corrected chi connectivity index (χ1v) is 10.8. The zero-order valence-corrected chi connectivity index (χ0v) is 17.8. The predicted molar refractivity (Wildman–Crippen MR) is 111 cm³/mol. The van der Waals surface area contributed by atoms with E-state index in [1.165, 1.54) is 30.6 Å². The summed E-state index contributed by atoms with van der Waals surface area (Å²) in [7, 11) is 3.19. The van der Waals surface area contributed by atoms with Crippen LogP contribution in [0.25, 0.3) is 10.1 Å². The molecule has 2 saturated carbocycles. The first-order chi connectivity index (χ1) is 14.6. The number of aromatic amines is 1. The number of nitrogens with zero attached hydrogens (tertiary/aromatic N) is 3. The van der Waals surface area contributed by atoms with E-state index in [-0.39, 0.29) is 18.0 Å². The Labute approximate surface area is 177 Å². The molecule has 0 spiro atoms. The summed E-state index contributed by atoms with van der Waals surface area (Å²) in [6, 6.07) is 3.75. The van der Waals surface area contributed by atoms with E-state index in [1.807, 2.05) is 12.1 Å². The monoisotopic (exact) mass is 429 g/mol. The van der Waals surface area contributed by atoms with Gasteiger partial charge in [-0.05, 0) is 48.3 Å². The van der Waals surface area contributed by atoms with Gasteiger partial charge in [0.2, 0.25) is 0 Å². The largest absolute Gasteiger partial charge is 0.493 e. The van der Waals surface area contributed by atoms with E-state index in [0.717, 1.165) is 10.1 Å². The number of fused-ring (bicyclic) bond motifs is 3. The second-order valence-corrected chi connectivity index (χ2v) is 8.98. The van der Waals surface area contributed by atoms with Gasteiger partial charge in [-0.3, -0.25) is 10.1 Å². The summed E-state index contributed by atoms with van der Waals surface area (Å²) in [6.07, 6.45) is 3.76. The van der Waals surface area contributed by atoms with Crippen LogP contribution in [0.2, 0.25) is 0 Å². The summed E-state index contributed by atoms with van der Waals surface area (Å²) < 4.78 is 18.4. The lowest BCUT2D eigenvalue weighted by molar-refractivity contribution is 0.0891. The third-order valence-corrected chi connectivity index (χ3v) is 7.55. The van der Waals surface area contributed by atoms with E-state index in [4.69, 9.17) is 14.2 Å². The Balaban J connectivity index is 1.58. The summed E-state index contributed by atoms with van der Waals surface area (Å²) in [5.74, 6) is 3.28. The van der Waals surface area contributed by atoms with E-state index in [1.54, 1.807) is 14.2 Å². The van der Waals surface area contributed by atoms with Crippen LogP contribution in [0.4, 0.5) is 5.95 Å². The number of carbonyl (C=O) groups excluding carboxylic acids is 1. The lowest BCUT2D eigenvalue weighted by Gasteiger charge is -2.29. The second-order valence-electron chi connectivity index (χ2n) is 7.93. The number of benzene rings is 1.